The predicted molar refractivity (Wildman–Crippen MR) is 56.3 cm³/mol. The average Bonchev–Trinajstić information content (AvgIpc) is 2.44. The van der Waals surface area contributed by atoms with Crippen LogP contribution in [0.2, 0.25) is 0 Å². The summed E-state index contributed by atoms with van der Waals surface area (Å²) in [4.78, 5) is 0. The third-order valence-electron chi connectivity index (χ3n) is 2.42. The highest BCUT2D eigenvalue weighted by Gasteiger charge is 2.11. The zero-order valence-corrected chi connectivity index (χ0v) is 8.45. The van der Waals surface area contributed by atoms with E-state index in [0.717, 1.165) is 22.3 Å². The van der Waals surface area contributed by atoms with Crippen molar-refractivity contribution in [2.45, 2.75) is 26.4 Å². The Hall–Kier alpha value is -1.28. The molecule has 14 heavy (non-hydrogen) atoms. The van der Waals surface area contributed by atoms with Gasteiger partial charge in [0.1, 0.15) is 11.3 Å². The van der Waals surface area contributed by atoms with Gasteiger partial charge in [0, 0.05) is 11.8 Å². The molecule has 0 spiro atoms. The van der Waals surface area contributed by atoms with Gasteiger partial charge >= 0.3 is 0 Å². The zero-order chi connectivity index (χ0) is 10.1. The van der Waals surface area contributed by atoms with Crippen molar-refractivity contribution in [1.82, 2.24) is 0 Å². The molecule has 0 aliphatic carbocycles. The van der Waals surface area contributed by atoms with Crippen LogP contribution in [0.4, 0.5) is 0 Å². The summed E-state index contributed by atoms with van der Waals surface area (Å²) in [6.45, 7) is 3.80. The first-order valence-corrected chi connectivity index (χ1v) is 4.83. The molecule has 74 valence electrons. The Morgan fingerprint density at radius 2 is 2.07 bits per heavy atom. The minimum Gasteiger partial charge on any atom is -0.461 e. The molecule has 2 aromatic rings. The first-order chi connectivity index (χ1) is 6.68. The number of para-hydroxylation sites is 1. The van der Waals surface area contributed by atoms with Crippen LogP contribution in [0.5, 0.6) is 0 Å². The molecule has 0 saturated carbocycles. The first kappa shape index (κ1) is 9.28. The highest BCUT2D eigenvalue weighted by molar-refractivity contribution is 5.81. The number of aryl methyl sites for hydroxylation is 1. The molecule has 0 radical (unpaired) electrons. The Morgan fingerprint density at radius 1 is 1.36 bits per heavy atom. The molecule has 1 atom stereocenters. The molecule has 0 bridgehead atoms. The van der Waals surface area contributed by atoms with Crippen molar-refractivity contribution in [2.24, 2.45) is 0 Å². The minimum absolute atomic E-state index is 0.353. The first-order valence-electron chi connectivity index (χ1n) is 4.83. The van der Waals surface area contributed by atoms with Crippen molar-refractivity contribution in [3.8, 4) is 0 Å². The maximum atomic E-state index is 9.30. The van der Waals surface area contributed by atoms with Crippen LogP contribution in [0, 0.1) is 6.92 Å². The second-order valence-electron chi connectivity index (χ2n) is 3.70. The number of hydrogen-bond acceptors (Lipinski definition) is 2. The molecule has 1 N–H and O–H groups in total. The fraction of sp³-hybridized carbons (Fsp3) is 0.333. The van der Waals surface area contributed by atoms with Crippen LogP contribution in [-0.4, -0.2) is 11.2 Å². The summed E-state index contributed by atoms with van der Waals surface area (Å²) in [7, 11) is 0. The number of rotatable bonds is 2. The van der Waals surface area contributed by atoms with Crippen LogP contribution < -0.4 is 0 Å². The van der Waals surface area contributed by atoms with Gasteiger partial charge in [-0.3, -0.25) is 0 Å². The summed E-state index contributed by atoms with van der Waals surface area (Å²) in [5.41, 5.74) is 2.04. The summed E-state index contributed by atoms with van der Waals surface area (Å²) in [6.07, 6.45) is 0.231. The Labute approximate surface area is 83.2 Å². The van der Waals surface area contributed by atoms with Gasteiger partial charge in [-0.2, -0.15) is 0 Å². The third kappa shape index (κ3) is 1.53. The molecule has 0 aliphatic heterocycles. The summed E-state index contributed by atoms with van der Waals surface area (Å²) in [6, 6.07) is 7.95. The number of hydrogen-bond donors (Lipinski definition) is 1. The second kappa shape index (κ2) is 3.46. The molecule has 1 aromatic heterocycles. The number of benzene rings is 1. The zero-order valence-electron chi connectivity index (χ0n) is 8.45. The van der Waals surface area contributed by atoms with E-state index in [1.807, 2.05) is 31.2 Å². The fourth-order valence-corrected chi connectivity index (χ4v) is 1.69. The van der Waals surface area contributed by atoms with E-state index in [0.29, 0.717) is 6.42 Å². The van der Waals surface area contributed by atoms with Gasteiger partial charge in [0.15, 0.2) is 0 Å². The molecule has 1 heterocycles. The summed E-state index contributed by atoms with van der Waals surface area (Å²) >= 11 is 0. The molecule has 0 unspecified atom stereocenters. The monoisotopic (exact) mass is 190 g/mol. The van der Waals surface area contributed by atoms with E-state index in [-0.39, 0.29) is 6.10 Å². The molecule has 0 aliphatic rings. The largest absolute Gasteiger partial charge is 0.461 e. The lowest BCUT2D eigenvalue weighted by Gasteiger charge is -2.00. The van der Waals surface area contributed by atoms with E-state index in [1.54, 1.807) is 6.92 Å². The average molecular weight is 190 g/mol. The van der Waals surface area contributed by atoms with E-state index in [1.165, 1.54) is 0 Å². The maximum Gasteiger partial charge on any atom is 0.134 e. The Bertz CT molecular complexity index is 441. The van der Waals surface area contributed by atoms with Crippen LogP contribution in [0.1, 0.15) is 18.2 Å². The molecular formula is C12H14O2. The van der Waals surface area contributed by atoms with E-state index < -0.39 is 0 Å². The molecule has 2 rings (SSSR count). The number of fused-ring (bicyclic) bond motifs is 1. The van der Waals surface area contributed by atoms with Gasteiger partial charge in [-0.15, -0.1) is 0 Å². The van der Waals surface area contributed by atoms with Crippen molar-refractivity contribution in [3.05, 3.63) is 35.6 Å². The van der Waals surface area contributed by atoms with E-state index in [2.05, 4.69) is 0 Å². The summed E-state index contributed by atoms with van der Waals surface area (Å²) in [5, 5.41) is 10.4. The second-order valence-corrected chi connectivity index (χ2v) is 3.70. The predicted octanol–water partition coefficient (Wildman–Crippen LogP) is 2.66. The molecular weight excluding hydrogens is 176 g/mol. The topological polar surface area (TPSA) is 33.4 Å². The molecule has 2 nitrogen and oxygen atoms in total. The van der Waals surface area contributed by atoms with Crippen molar-refractivity contribution in [2.75, 3.05) is 0 Å². The van der Waals surface area contributed by atoms with E-state index >= 15 is 0 Å². The van der Waals surface area contributed by atoms with Gasteiger partial charge in [0.25, 0.3) is 0 Å². The van der Waals surface area contributed by atoms with Crippen molar-refractivity contribution in [1.29, 1.82) is 0 Å². The van der Waals surface area contributed by atoms with Crippen LogP contribution in [-0.2, 0) is 6.42 Å². The number of aliphatic hydroxyl groups is 1. The fourth-order valence-electron chi connectivity index (χ4n) is 1.69. The van der Waals surface area contributed by atoms with Gasteiger partial charge in [0.2, 0.25) is 0 Å². The molecule has 0 saturated heterocycles. The van der Waals surface area contributed by atoms with Crippen LogP contribution in [0.15, 0.2) is 28.7 Å². The SMILES string of the molecule is Cc1c(C[C@@H](C)O)oc2ccccc12. The lowest BCUT2D eigenvalue weighted by atomic mass is 10.1. The Morgan fingerprint density at radius 3 is 2.71 bits per heavy atom. The van der Waals surface area contributed by atoms with Crippen LogP contribution in [0.25, 0.3) is 11.0 Å². The number of aliphatic hydroxyl groups excluding tert-OH is 1. The van der Waals surface area contributed by atoms with Gasteiger partial charge in [-0.25, -0.2) is 0 Å². The molecule has 2 heteroatoms. The molecule has 1 aromatic carbocycles. The van der Waals surface area contributed by atoms with Crippen molar-refractivity contribution in [3.63, 3.8) is 0 Å². The highest BCUT2D eigenvalue weighted by Crippen LogP contribution is 2.25. The van der Waals surface area contributed by atoms with Gasteiger partial charge in [0.05, 0.1) is 6.10 Å². The van der Waals surface area contributed by atoms with E-state index in [4.69, 9.17) is 4.42 Å². The lowest BCUT2D eigenvalue weighted by molar-refractivity contribution is 0.188. The highest BCUT2D eigenvalue weighted by atomic mass is 16.3. The standard InChI is InChI=1S/C12H14O2/c1-8(13)7-12-9(2)10-5-3-4-6-11(10)14-12/h3-6,8,13H,7H2,1-2H3/t8-/m1/s1. The van der Waals surface area contributed by atoms with Crippen LogP contribution in [0.3, 0.4) is 0 Å². The lowest BCUT2D eigenvalue weighted by Crippen LogP contribution is -2.03. The molecule has 0 amide bonds. The van der Waals surface area contributed by atoms with Gasteiger partial charge in [-0.05, 0) is 25.5 Å². The van der Waals surface area contributed by atoms with E-state index in [9.17, 15) is 5.11 Å². The molecule has 0 fully saturated rings. The van der Waals surface area contributed by atoms with Crippen LogP contribution >= 0.6 is 0 Å². The van der Waals surface area contributed by atoms with Gasteiger partial charge < -0.3 is 9.52 Å². The smallest absolute Gasteiger partial charge is 0.134 e. The van der Waals surface area contributed by atoms with Crippen molar-refractivity contribution < 1.29 is 9.52 Å². The summed E-state index contributed by atoms with van der Waals surface area (Å²) < 4.78 is 5.65. The van der Waals surface area contributed by atoms with Crippen molar-refractivity contribution >= 4 is 11.0 Å². The Balaban J connectivity index is 2.51. The maximum absolute atomic E-state index is 9.30. The Kier molecular flexibility index (Phi) is 2.30. The summed E-state index contributed by atoms with van der Waals surface area (Å²) in [5.74, 6) is 0.890. The van der Waals surface area contributed by atoms with Gasteiger partial charge in [-0.1, -0.05) is 18.2 Å². The quantitative estimate of drug-likeness (QED) is 0.789. The normalized spacial score (nSPS) is 13.4. The third-order valence-corrected chi connectivity index (χ3v) is 2.42. The number of furan rings is 1. The minimum atomic E-state index is -0.353.